The number of amides is 2. The van der Waals surface area contributed by atoms with Crippen molar-refractivity contribution in [2.75, 3.05) is 14.2 Å². The summed E-state index contributed by atoms with van der Waals surface area (Å²) in [5.41, 5.74) is 5.23. The summed E-state index contributed by atoms with van der Waals surface area (Å²) in [7, 11) is 2.94. The van der Waals surface area contributed by atoms with Crippen LogP contribution in [-0.2, 0) is 11.3 Å². The Morgan fingerprint density at radius 3 is 2.44 bits per heavy atom. The molecule has 132 valence electrons. The third-order valence-electron chi connectivity index (χ3n) is 3.14. The van der Waals surface area contributed by atoms with E-state index in [0.29, 0.717) is 22.6 Å². The lowest BCUT2D eigenvalue weighted by molar-refractivity contribution is 0.0905. The van der Waals surface area contributed by atoms with Crippen molar-refractivity contribution in [1.82, 2.24) is 15.8 Å². The number of aromatic nitrogens is 1. The van der Waals surface area contributed by atoms with Crippen LogP contribution < -0.4 is 20.3 Å². The molecule has 0 fully saturated rings. The maximum absolute atomic E-state index is 11.8. The molecule has 2 rings (SSSR count). The number of hydrogen-bond donors (Lipinski definition) is 2. The van der Waals surface area contributed by atoms with Gasteiger partial charge in [-0.15, -0.1) is 0 Å². The topological polar surface area (TPSA) is 98.8 Å². The number of hydrazine groups is 1. The summed E-state index contributed by atoms with van der Waals surface area (Å²) in [6.07, 6.45) is 2.09. The molecule has 1 aromatic carbocycles. The molecule has 0 saturated carbocycles. The SMILES string of the molecule is COc1ccc(COC(=O)NNC(=O)c2ccncc2)c(Cl)c1OC. The van der Waals surface area contributed by atoms with E-state index in [1.165, 1.54) is 38.7 Å². The molecule has 25 heavy (non-hydrogen) atoms. The first-order chi connectivity index (χ1) is 12.1. The second kappa shape index (κ2) is 8.74. The Bertz CT molecular complexity index is 755. The largest absolute Gasteiger partial charge is 0.493 e. The van der Waals surface area contributed by atoms with Gasteiger partial charge in [0.05, 0.1) is 19.2 Å². The molecule has 0 aliphatic heterocycles. The van der Waals surface area contributed by atoms with Crippen LogP contribution in [0.5, 0.6) is 11.5 Å². The van der Waals surface area contributed by atoms with Crippen molar-refractivity contribution in [2.24, 2.45) is 0 Å². The maximum atomic E-state index is 11.8. The fraction of sp³-hybridized carbons (Fsp3) is 0.188. The lowest BCUT2D eigenvalue weighted by atomic mass is 10.2. The molecular weight excluding hydrogens is 350 g/mol. The number of benzene rings is 1. The first kappa shape index (κ1) is 18.3. The predicted octanol–water partition coefficient (Wildman–Crippen LogP) is 2.32. The first-order valence-electron chi connectivity index (χ1n) is 7.09. The molecular formula is C16H16ClN3O5. The number of rotatable bonds is 5. The van der Waals surface area contributed by atoms with E-state index in [9.17, 15) is 9.59 Å². The van der Waals surface area contributed by atoms with Gasteiger partial charge in [0, 0.05) is 23.5 Å². The molecule has 1 aromatic heterocycles. The van der Waals surface area contributed by atoms with Crippen LogP contribution in [0.1, 0.15) is 15.9 Å². The number of halogens is 1. The van der Waals surface area contributed by atoms with Gasteiger partial charge in [-0.25, -0.2) is 10.2 Å². The first-order valence-corrected chi connectivity index (χ1v) is 7.47. The van der Waals surface area contributed by atoms with Crippen LogP contribution in [0.15, 0.2) is 36.7 Å². The molecule has 1 heterocycles. The van der Waals surface area contributed by atoms with E-state index in [1.54, 1.807) is 12.1 Å². The van der Waals surface area contributed by atoms with E-state index < -0.39 is 12.0 Å². The Hall–Kier alpha value is -3.00. The highest BCUT2D eigenvalue weighted by Crippen LogP contribution is 2.37. The third-order valence-corrected chi connectivity index (χ3v) is 3.56. The van der Waals surface area contributed by atoms with Crippen molar-refractivity contribution in [1.29, 1.82) is 0 Å². The summed E-state index contributed by atoms with van der Waals surface area (Å²) >= 11 is 6.19. The Kier molecular flexibility index (Phi) is 6.41. The zero-order chi connectivity index (χ0) is 18.2. The fourth-order valence-electron chi connectivity index (χ4n) is 1.90. The number of methoxy groups -OCH3 is 2. The van der Waals surface area contributed by atoms with E-state index >= 15 is 0 Å². The summed E-state index contributed by atoms with van der Waals surface area (Å²) < 4.78 is 15.3. The molecule has 0 unspecified atom stereocenters. The number of ether oxygens (including phenoxy) is 3. The van der Waals surface area contributed by atoms with Gasteiger partial charge >= 0.3 is 6.09 Å². The number of carbonyl (C=O) groups excluding carboxylic acids is 2. The highest BCUT2D eigenvalue weighted by atomic mass is 35.5. The van der Waals surface area contributed by atoms with E-state index in [2.05, 4.69) is 15.8 Å². The van der Waals surface area contributed by atoms with Gasteiger partial charge in [0.1, 0.15) is 6.61 Å². The molecule has 0 spiro atoms. The van der Waals surface area contributed by atoms with Crippen molar-refractivity contribution < 1.29 is 23.8 Å². The summed E-state index contributed by atoms with van der Waals surface area (Å²) in [4.78, 5) is 27.2. The van der Waals surface area contributed by atoms with Gasteiger partial charge in [-0.2, -0.15) is 0 Å². The lowest BCUT2D eigenvalue weighted by Crippen LogP contribution is -2.41. The Morgan fingerprint density at radius 1 is 1.08 bits per heavy atom. The molecule has 0 saturated heterocycles. The Morgan fingerprint density at radius 2 is 1.80 bits per heavy atom. The smallest absolute Gasteiger partial charge is 0.426 e. The normalized spacial score (nSPS) is 9.88. The van der Waals surface area contributed by atoms with Crippen molar-refractivity contribution in [3.63, 3.8) is 0 Å². The summed E-state index contributed by atoms with van der Waals surface area (Å²) in [6.45, 7) is -0.115. The number of nitrogens with one attached hydrogen (secondary N) is 2. The van der Waals surface area contributed by atoms with E-state index in [4.69, 9.17) is 25.8 Å². The molecule has 0 atom stereocenters. The van der Waals surface area contributed by atoms with Gasteiger partial charge in [-0.05, 0) is 18.2 Å². The van der Waals surface area contributed by atoms with Crippen LogP contribution in [0.25, 0.3) is 0 Å². The van der Waals surface area contributed by atoms with Gasteiger partial charge in [0.25, 0.3) is 5.91 Å². The molecule has 2 amide bonds. The lowest BCUT2D eigenvalue weighted by Gasteiger charge is -2.13. The standard InChI is InChI=1S/C16H16ClN3O5/c1-23-12-4-3-11(13(17)14(12)24-2)9-25-16(22)20-19-15(21)10-5-7-18-8-6-10/h3-8H,9H2,1-2H3,(H,19,21)(H,20,22). The van der Waals surface area contributed by atoms with Gasteiger partial charge in [-0.3, -0.25) is 15.2 Å². The maximum Gasteiger partial charge on any atom is 0.426 e. The molecule has 0 aliphatic carbocycles. The van der Waals surface area contributed by atoms with Crippen LogP contribution in [-0.4, -0.2) is 31.2 Å². The second-order valence-electron chi connectivity index (χ2n) is 4.67. The van der Waals surface area contributed by atoms with Gasteiger partial charge in [0.2, 0.25) is 0 Å². The van der Waals surface area contributed by atoms with Crippen molar-refractivity contribution >= 4 is 23.6 Å². The molecule has 2 aromatic rings. The minimum absolute atomic E-state index is 0.115. The van der Waals surface area contributed by atoms with Crippen LogP contribution in [0.3, 0.4) is 0 Å². The summed E-state index contributed by atoms with van der Waals surface area (Å²) in [5.74, 6) is 0.311. The van der Waals surface area contributed by atoms with Crippen molar-refractivity contribution in [2.45, 2.75) is 6.61 Å². The summed E-state index contributed by atoms with van der Waals surface area (Å²) in [6, 6.07) is 6.30. The second-order valence-corrected chi connectivity index (χ2v) is 5.04. The highest BCUT2D eigenvalue weighted by molar-refractivity contribution is 6.33. The zero-order valence-electron chi connectivity index (χ0n) is 13.5. The molecule has 0 bridgehead atoms. The molecule has 0 radical (unpaired) electrons. The van der Waals surface area contributed by atoms with Crippen LogP contribution >= 0.6 is 11.6 Å². The number of nitrogens with zero attached hydrogens (tertiary/aromatic N) is 1. The quantitative estimate of drug-likeness (QED) is 0.789. The van der Waals surface area contributed by atoms with Crippen LogP contribution in [0.2, 0.25) is 5.02 Å². The zero-order valence-corrected chi connectivity index (χ0v) is 14.3. The third kappa shape index (κ3) is 4.74. The van der Waals surface area contributed by atoms with E-state index in [1.807, 2.05) is 0 Å². The van der Waals surface area contributed by atoms with E-state index in [0.717, 1.165) is 0 Å². The average Bonchev–Trinajstić information content (AvgIpc) is 2.65. The average molecular weight is 366 g/mol. The minimum atomic E-state index is -0.840. The van der Waals surface area contributed by atoms with Crippen LogP contribution in [0.4, 0.5) is 4.79 Å². The Balaban J connectivity index is 1.89. The molecule has 0 aliphatic rings. The van der Waals surface area contributed by atoms with Crippen LogP contribution in [0, 0.1) is 0 Å². The fourth-order valence-corrected chi connectivity index (χ4v) is 2.19. The number of pyridine rings is 1. The van der Waals surface area contributed by atoms with E-state index in [-0.39, 0.29) is 11.6 Å². The van der Waals surface area contributed by atoms with Crippen molar-refractivity contribution in [3.05, 3.63) is 52.8 Å². The monoisotopic (exact) mass is 365 g/mol. The minimum Gasteiger partial charge on any atom is -0.493 e. The van der Waals surface area contributed by atoms with Gasteiger partial charge in [-0.1, -0.05) is 17.7 Å². The molecule has 2 N–H and O–H groups in total. The van der Waals surface area contributed by atoms with Gasteiger partial charge < -0.3 is 14.2 Å². The molecule has 9 heteroatoms. The van der Waals surface area contributed by atoms with Crippen molar-refractivity contribution in [3.8, 4) is 11.5 Å². The number of carbonyl (C=O) groups is 2. The Labute approximate surface area is 149 Å². The highest BCUT2D eigenvalue weighted by Gasteiger charge is 2.15. The summed E-state index contributed by atoms with van der Waals surface area (Å²) in [5, 5.41) is 0.274. The van der Waals surface area contributed by atoms with Gasteiger partial charge in [0.15, 0.2) is 11.5 Å². The predicted molar refractivity (Wildman–Crippen MR) is 89.6 cm³/mol. The molecule has 8 nitrogen and oxygen atoms in total. The number of hydrogen-bond acceptors (Lipinski definition) is 6.